The van der Waals surface area contributed by atoms with Gasteiger partial charge in [0.25, 0.3) is 0 Å². The minimum atomic E-state index is 0.444. The summed E-state index contributed by atoms with van der Waals surface area (Å²) in [4.78, 5) is 7.19. The zero-order valence-corrected chi connectivity index (χ0v) is 13.4. The lowest BCUT2D eigenvalue weighted by Gasteiger charge is -2.33. The van der Waals surface area contributed by atoms with Crippen molar-refractivity contribution < 1.29 is 4.74 Å². The van der Waals surface area contributed by atoms with E-state index in [9.17, 15) is 0 Å². The molecule has 1 aromatic carbocycles. The zero-order valence-electron chi connectivity index (χ0n) is 12.7. The van der Waals surface area contributed by atoms with E-state index in [2.05, 4.69) is 27.4 Å². The molecule has 2 aromatic rings. The molecule has 1 unspecified atom stereocenters. The van der Waals surface area contributed by atoms with Crippen molar-refractivity contribution in [1.82, 2.24) is 14.5 Å². The molecule has 1 aliphatic heterocycles. The monoisotopic (exact) mass is 307 g/mol. The van der Waals surface area contributed by atoms with Gasteiger partial charge in [0.15, 0.2) is 0 Å². The van der Waals surface area contributed by atoms with Gasteiger partial charge in [0, 0.05) is 18.7 Å². The van der Waals surface area contributed by atoms with Crippen molar-refractivity contribution in [2.75, 3.05) is 26.7 Å². The fraction of sp³-hybridized carbons (Fsp3) is 0.562. The number of halogens is 1. The molecule has 0 radical (unpaired) electrons. The van der Waals surface area contributed by atoms with Crippen LogP contribution in [0.3, 0.4) is 0 Å². The molecule has 4 nitrogen and oxygen atoms in total. The standard InChI is InChI=1S/C16H22ClN3O/c1-3-19-8-4-5-12(11-19)20-15-9-13(21-2)6-7-14(15)18-16(20)10-17/h6-7,9,12H,3-5,8,10-11H2,1-2H3. The van der Waals surface area contributed by atoms with Gasteiger partial charge >= 0.3 is 0 Å². The van der Waals surface area contributed by atoms with E-state index in [-0.39, 0.29) is 0 Å². The van der Waals surface area contributed by atoms with E-state index in [0.717, 1.165) is 35.7 Å². The molecule has 0 N–H and O–H groups in total. The van der Waals surface area contributed by atoms with Gasteiger partial charge in [-0.05, 0) is 38.1 Å². The summed E-state index contributed by atoms with van der Waals surface area (Å²) in [5.41, 5.74) is 2.13. The van der Waals surface area contributed by atoms with Crippen LogP contribution in [-0.4, -0.2) is 41.2 Å². The van der Waals surface area contributed by atoms with Crippen LogP contribution in [0, 0.1) is 0 Å². The Bertz CT molecular complexity index is 625. The van der Waals surface area contributed by atoms with Gasteiger partial charge in [-0.1, -0.05) is 6.92 Å². The summed E-state index contributed by atoms with van der Waals surface area (Å²) in [6, 6.07) is 6.49. The first-order chi connectivity index (χ1) is 10.3. The van der Waals surface area contributed by atoms with Gasteiger partial charge in [0.05, 0.1) is 24.0 Å². The van der Waals surface area contributed by atoms with Crippen LogP contribution >= 0.6 is 11.6 Å². The number of piperidine rings is 1. The Balaban J connectivity index is 2.06. The zero-order chi connectivity index (χ0) is 14.8. The summed E-state index contributed by atoms with van der Waals surface area (Å²) in [6.07, 6.45) is 2.41. The van der Waals surface area contributed by atoms with Gasteiger partial charge in [-0.3, -0.25) is 0 Å². The highest BCUT2D eigenvalue weighted by atomic mass is 35.5. The Morgan fingerprint density at radius 2 is 2.29 bits per heavy atom. The van der Waals surface area contributed by atoms with Crippen molar-refractivity contribution in [1.29, 1.82) is 0 Å². The minimum absolute atomic E-state index is 0.444. The van der Waals surface area contributed by atoms with E-state index in [1.54, 1.807) is 7.11 Å². The number of rotatable bonds is 4. The van der Waals surface area contributed by atoms with Crippen molar-refractivity contribution in [3.8, 4) is 5.75 Å². The maximum atomic E-state index is 6.14. The van der Waals surface area contributed by atoms with E-state index in [1.165, 1.54) is 19.4 Å². The first-order valence-electron chi connectivity index (χ1n) is 7.60. The fourth-order valence-corrected chi connectivity index (χ4v) is 3.47. The van der Waals surface area contributed by atoms with Crippen molar-refractivity contribution in [3.05, 3.63) is 24.0 Å². The molecule has 0 spiro atoms. The molecule has 1 fully saturated rings. The molecule has 3 rings (SSSR count). The predicted octanol–water partition coefficient (Wildman–Crippen LogP) is 3.44. The minimum Gasteiger partial charge on any atom is -0.497 e. The van der Waals surface area contributed by atoms with Gasteiger partial charge in [0.2, 0.25) is 0 Å². The molecular weight excluding hydrogens is 286 g/mol. The second-order valence-corrected chi connectivity index (χ2v) is 5.84. The molecule has 0 saturated carbocycles. The largest absolute Gasteiger partial charge is 0.497 e. The summed E-state index contributed by atoms with van der Waals surface area (Å²) in [5.74, 6) is 2.27. The maximum absolute atomic E-state index is 6.14. The third-order valence-electron chi connectivity index (χ3n) is 4.38. The fourth-order valence-electron chi connectivity index (χ4n) is 3.28. The van der Waals surface area contributed by atoms with Crippen LogP contribution in [0.1, 0.15) is 31.6 Å². The summed E-state index contributed by atoms with van der Waals surface area (Å²) in [7, 11) is 1.70. The van der Waals surface area contributed by atoms with Crippen LogP contribution in [0.15, 0.2) is 18.2 Å². The van der Waals surface area contributed by atoms with Crippen LogP contribution in [0.5, 0.6) is 5.75 Å². The molecule has 1 aliphatic rings. The summed E-state index contributed by atoms with van der Waals surface area (Å²) < 4.78 is 7.69. The number of alkyl halides is 1. The van der Waals surface area contributed by atoms with Gasteiger partial charge in [-0.2, -0.15) is 0 Å². The van der Waals surface area contributed by atoms with Crippen molar-refractivity contribution in [2.45, 2.75) is 31.7 Å². The van der Waals surface area contributed by atoms with Crippen molar-refractivity contribution in [2.24, 2.45) is 0 Å². The van der Waals surface area contributed by atoms with E-state index in [0.29, 0.717) is 11.9 Å². The number of fused-ring (bicyclic) bond motifs is 1. The van der Waals surface area contributed by atoms with E-state index < -0.39 is 0 Å². The molecule has 2 heterocycles. The summed E-state index contributed by atoms with van der Waals surface area (Å²) in [5, 5.41) is 0. The first-order valence-corrected chi connectivity index (χ1v) is 8.13. The number of likely N-dealkylation sites (tertiary alicyclic amines) is 1. The third kappa shape index (κ3) is 2.74. The summed E-state index contributed by atoms with van der Waals surface area (Å²) in [6.45, 7) is 5.59. The average molecular weight is 308 g/mol. The van der Waals surface area contributed by atoms with Crippen LogP contribution in [-0.2, 0) is 5.88 Å². The topological polar surface area (TPSA) is 30.3 Å². The highest BCUT2D eigenvalue weighted by Crippen LogP contribution is 2.30. The van der Waals surface area contributed by atoms with Gasteiger partial charge < -0.3 is 14.2 Å². The number of benzene rings is 1. The molecule has 114 valence electrons. The molecule has 0 aliphatic carbocycles. The lowest BCUT2D eigenvalue weighted by molar-refractivity contribution is 0.186. The number of methoxy groups -OCH3 is 1. The highest BCUT2D eigenvalue weighted by Gasteiger charge is 2.24. The molecular formula is C16H22ClN3O. The van der Waals surface area contributed by atoms with Crippen LogP contribution < -0.4 is 4.74 Å². The first kappa shape index (κ1) is 14.7. The van der Waals surface area contributed by atoms with Crippen molar-refractivity contribution >= 4 is 22.6 Å². The van der Waals surface area contributed by atoms with Crippen molar-refractivity contribution in [3.63, 3.8) is 0 Å². The Morgan fingerprint density at radius 3 is 3.00 bits per heavy atom. The third-order valence-corrected chi connectivity index (χ3v) is 4.62. The number of hydrogen-bond acceptors (Lipinski definition) is 3. The smallest absolute Gasteiger partial charge is 0.125 e. The summed E-state index contributed by atoms with van der Waals surface area (Å²) >= 11 is 6.14. The Morgan fingerprint density at radius 1 is 1.43 bits per heavy atom. The second-order valence-electron chi connectivity index (χ2n) is 5.58. The molecule has 1 aromatic heterocycles. The molecule has 1 saturated heterocycles. The Kier molecular flexibility index (Phi) is 4.36. The number of hydrogen-bond donors (Lipinski definition) is 0. The highest BCUT2D eigenvalue weighted by molar-refractivity contribution is 6.16. The van der Waals surface area contributed by atoms with E-state index >= 15 is 0 Å². The SMILES string of the molecule is CCN1CCCC(n2c(CCl)nc3ccc(OC)cc32)C1. The number of likely N-dealkylation sites (N-methyl/N-ethyl adjacent to an activating group) is 1. The normalized spacial score (nSPS) is 20.0. The van der Waals surface area contributed by atoms with Gasteiger partial charge in [-0.25, -0.2) is 4.98 Å². The van der Waals surface area contributed by atoms with Crippen LogP contribution in [0.2, 0.25) is 0 Å². The molecule has 5 heteroatoms. The molecule has 21 heavy (non-hydrogen) atoms. The number of imidazole rings is 1. The van der Waals surface area contributed by atoms with Crippen LogP contribution in [0.4, 0.5) is 0 Å². The molecule has 0 amide bonds. The molecule has 1 atom stereocenters. The van der Waals surface area contributed by atoms with Gasteiger partial charge in [0.1, 0.15) is 11.6 Å². The predicted molar refractivity (Wildman–Crippen MR) is 86.2 cm³/mol. The lowest BCUT2D eigenvalue weighted by atomic mass is 10.1. The maximum Gasteiger partial charge on any atom is 0.125 e. The molecule has 0 bridgehead atoms. The Hall–Kier alpha value is -1.26. The van der Waals surface area contributed by atoms with E-state index in [1.807, 2.05) is 12.1 Å². The second kappa shape index (κ2) is 6.24. The quantitative estimate of drug-likeness (QED) is 0.811. The average Bonchev–Trinajstić information content (AvgIpc) is 2.92. The lowest BCUT2D eigenvalue weighted by Crippen LogP contribution is -2.36. The van der Waals surface area contributed by atoms with Crippen LogP contribution in [0.25, 0.3) is 11.0 Å². The number of ether oxygens (including phenoxy) is 1. The van der Waals surface area contributed by atoms with Gasteiger partial charge in [-0.15, -0.1) is 11.6 Å². The number of aromatic nitrogens is 2. The number of nitrogens with zero attached hydrogens (tertiary/aromatic N) is 3. The Labute approximate surface area is 130 Å². The van der Waals surface area contributed by atoms with E-state index in [4.69, 9.17) is 16.3 Å².